The number of carboxylic acid groups (broad SMARTS) is 1. The lowest BCUT2D eigenvalue weighted by molar-refractivity contribution is -0.142. The van der Waals surface area contributed by atoms with E-state index < -0.39 is 5.97 Å². The molecule has 0 saturated carbocycles. The van der Waals surface area contributed by atoms with Crippen molar-refractivity contribution in [1.82, 2.24) is 4.98 Å². The fourth-order valence-corrected chi connectivity index (χ4v) is 3.81. The van der Waals surface area contributed by atoms with Gasteiger partial charge in [-0.1, -0.05) is 18.2 Å². The highest BCUT2D eigenvalue weighted by atomic mass is 16.4. The molecule has 0 radical (unpaired) electrons. The molecule has 3 heterocycles. The van der Waals surface area contributed by atoms with Crippen molar-refractivity contribution in [2.45, 2.75) is 31.3 Å². The Balaban J connectivity index is 1.74. The summed E-state index contributed by atoms with van der Waals surface area (Å²) in [5.41, 5.74) is 0.975. The third-order valence-electron chi connectivity index (χ3n) is 4.70. The monoisotopic (exact) mass is 268 g/mol. The number of nitrogens with zero attached hydrogens (tertiary/aromatic N) is 2. The van der Waals surface area contributed by atoms with Crippen molar-refractivity contribution in [3.05, 3.63) is 36.4 Å². The first-order valence-corrected chi connectivity index (χ1v) is 7.11. The number of hydrogen-bond acceptors (Lipinski definition) is 3. The van der Waals surface area contributed by atoms with E-state index in [9.17, 15) is 9.90 Å². The second-order valence-electron chi connectivity index (χ2n) is 5.75. The quantitative estimate of drug-likeness (QED) is 0.909. The molecule has 2 aliphatic rings. The number of aliphatic carboxylic acids is 1. The van der Waals surface area contributed by atoms with Gasteiger partial charge in [-0.3, -0.25) is 4.79 Å². The van der Waals surface area contributed by atoms with Crippen LogP contribution in [0.25, 0.3) is 10.9 Å². The molecule has 2 aromatic rings. The molecule has 1 aromatic carbocycles. The summed E-state index contributed by atoms with van der Waals surface area (Å²) >= 11 is 0. The van der Waals surface area contributed by atoms with Crippen LogP contribution in [-0.4, -0.2) is 28.1 Å². The molecule has 20 heavy (non-hydrogen) atoms. The van der Waals surface area contributed by atoms with Crippen molar-refractivity contribution in [3.63, 3.8) is 0 Å². The van der Waals surface area contributed by atoms with Gasteiger partial charge in [0, 0.05) is 17.5 Å². The van der Waals surface area contributed by atoms with Gasteiger partial charge in [0.15, 0.2) is 0 Å². The normalized spacial score (nSPS) is 28.2. The van der Waals surface area contributed by atoms with Gasteiger partial charge in [0.1, 0.15) is 5.82 Å². The number of fused-ring (bicyclic) bond motifs is 3. The van der Waals surface area contributed by atoms with Crippen LogP contribution in [0.15, 0.2) is 36.4 Å². The zero-order chi connectivity index (χ0) is 13.7. The van der Waals surface area contributed by atoms with Crippen LogP contribution in [-0.2, 0) is 4.79 Å². The Morgan fingerprint density at radius 2 is 2.05 bits per heavy atom. The lowest BCUT2D eigenvalue weighted by Crippen LogP contribution is -2.33. The fraction of sp³-hybridized carbons (Fsp3) is 0.375. The summed E-state index contributed by atoms with van der Waals surface area (Å²) in [6, 6.07) is 12.6. The van der Waals surface area contributed by atoms with E-state index in [4.69, 9.17) is 4.98 Å². The van der Waals surface area contributed by atoms with E-state index in [0.29, 0.717) is 6.04 Å². The van der Waals surface area contributed by atoms with Gasteiger partial charge in [0.2, 0.25) is 0 Å². The van der Waals surface area contributed by atoms with Crippen LogP contribution in [0.1, 0.15) is 19.3 Å². The third-order valence-corrected chi connectivity index (χ3v) is 4.70. The SMILES string of the molecule is O=C(O)C1CC2CCC1N2c1ccc2ccccc2n1. The van der Waals surface area contributed by atoms with Crippen molar-refractivity contribution in [2.24, 2.45) is 5.92 Å². The van der Waals surface area contributed by atoms with Crippen molar-refractivity contribution in [3.8, 4) is 0 Å². The maximum Gasteiger partial charge on any atom is 0.308 e. The topological polar surface area (TPSA) is 53.4 Å². The first-order valence-electron chi connectivity index (χ1n) is 7.11. The van der Waals surface area contributed by atoms with E-state index >= 15 is 0 Å². The van der Waals surface area contributed by atoms with E-state index in [1.165, 1.54) is 0 Å². The standard InChI is InChI=1S/C16H16N2O2/c19-16(20)12-9-11-6-7-14(12)18(11)15-8-5-10-3-1-2-4-13(10)17-15/h1-5,8,11-12,14H,6-7,9H2,(H,19,20). The number of carboxylic acids is 1. The molecule has 2 saturated heterocycles. The second-order valence-corrected chi connectivity index (χ2v) is 5.75. The number of hydrogen-bond donors (Lipinski definition) is 1. The van der Waals surface area contributed by atoms with E-state index in [-0.39, 0.29) is 12.0 Å². The summed E-state index contributed by atoms with van der Waals surface area (Å²) in [5, 5.41) is 10.4. The van der Waals surface area contributed by atoms with E-state index in [0.717, 1.165) is 36.0 Å². The van der Waals surface area contributed by atoms with Crippen molar-refractivity contribution < 1.29 is 9.90 Å². The molecule has 1 N–H and O–H groups in total. The molecule has 2 fully saturated rings. The Hall–Kier alpha value is -2.10. The van der Waals surface area contributed by atoms with Gasteiger partial charge in [-0.05, 0) is 37.5 Å². The molecule has 3 unspecified atom stereocenters. The average molecular weight is 268 g/mol. The molecule has 1 aromatic heterocycles. The van der Waals surface area contributed by atoms with Crippen molar-refractivity contribution >= 4 is 22.7 Å². The molecule has 102 valence electrons. The van der Waals surface area contributed by atoms with Gasteiger partial charge in [-0.2, -0.15) is 0 Å². The molecule has 2 aliphatic heterocycles. The summed E-state index contributed by atoms with van der Waals surface area (Å²) in [7, 11) is 0. The van der Waals surface area contributed by atoms with Crippen LogP contribution in [0.4, 0.5) is 5.82 Å². The Kier molecular flexibility index (Phi) is 2.46. The largest absolute Gasteiger partial charge is 0.481 e. The first kappa shape index (κ1) is 11.7. The van der Waals surface area contributed by atoms with E-state index in [2.05, 4.69) is 11.0 Å². The highest BCUT2D eigenvalue weighted by molar-refractivity contribution is 5.81. The van der Waals surface area contributed by atoms with Crippen LogP contribution in [0.2, 0.25) is 0 Å². The Bertz CT molecular complexity index is 685. The van der Waals surface area contributed by atoms with E-state index in [1.807, 2.05) is 30.3 Å². The molecular formula is C16H16N2O2. The Morgan fingerprint density at radius 3 is 2.85 bits per heavy atom. The van der Waals surface area contributed by atoms with Gasteiger partial charge in [-0.25, -0.2) is 4.98 Å². The first-order chi connectivity index (χ1) is 9.74. The predicted molar refractivity (Wildman–Crippen MR) is 76.8 cm³/mol. The molecule has 4 rings (SSSR count). The van der Waals surface area contributed by atoms with Crippen molar-refractivity contribution in [2.75, 3.05) is 4.90 Å². The Labute approximate surface area is 117 Å². The molecule has 0 spiro atoms. The summed E-state index contributed by atoms with van der Waals surface area (Å²) in [4.78, 5) is 18.3. The minimum atomic E-state index is -0.664. The lowest BCUT2D eigenvalue weighted by atomic mass is 9.89. The number of carbonyl (C=O) groups is 1. The maximum atomic E-state index is 11.3. The number of rotatable bonds is 2. The zero-order valence-electron chi connectivity index (χ0n) is 11.1. The van der Waals surface area contributed by atoms with Crippen LogP contribution in [0, 0.1) is 5.92 Å². The van der Waals surface area contributed by atoms with Gasteiger partial charge in [0.05, 0.1) is 11.4 Å². The summed E-state index contributed by atoms with van der Waals surface area (Å²) in [6.07, 6.45) is 2.81. The van der Waals surface area contributed by atoms with Gasteiger partial charge in [0.25, 0.3) is 0 Å². The highest BCUT2D eigenvalue weighted by Gasteiger charge is 2.49. The summed E-state index contributed by atoms with van der Waals surface area (Å²) in [6.45, 7) is 0. The number of para-hydroxylation sites is 1. The van der Waals surface area contributed by atoms with E-state index in [1.54, 1.807) is 0 Å². The maximum absolute atomic E-state index is 11.3. The molecule has 4 nitrogen and oxygen atoms in total. The van der Waals surface area contributed by atoms with Crippen LogP contribution in [0.5, 0.6) is 0 Å². The molecule has 2 bridgehead atoms. The third kappa shape index (κ3) is 1.60. The predicted octanol–water partition coefficient (Wildman–Crippen LogP) is 2.68. The van der Waals surface area contributed by atoms with Crippen LogP contribution < -0.4 is 4.90 Å². The summed E-state index contributed by atoms with van der Waals surface area (Å²) < 4.78 is 0. The highest BCUT2D eigenvalue weighted by Crippen LogP contribution is 2.44. The number of anilines is 1. The molecule has 0 aliphatic carbocycles. The number of pyridine rings is 1. The van der Waals surface area contributed by atoms with Crippen molar-refractivity contribution in [1.29, 1.82) is 0 Å². The minimum Gasteiger partial charge on any atom is -0.481 e. The zero-order valence-corrected chi connectivity index (χ0v) is 11.1. The van der Waals surface area contributed by atoms with Crippen LogP contribution >= 0.6 is 0 Å². The minimum absolute atomic E-state index is 0.117. The Morgan fingerprint density at radius 1 is 1.20 bits per heavy atom. The molecular weight excluding hydrogens is 252 g/mol. The molecule has 0 amide bonds. The van der Waals surface area contributed by atoms with Gasteiger partial charge < -0.3 is 10.0 Å². The fourth-order valence-electron chi connectivity index (χ4n) is 3.81. The average Bonchev–Trinajstić information content (AvgIpc) is 3.04. The van der Waals surface area contributed by atoms with Gasteiger partial charge in [-0.15, -0.1) is 0 Å². The van der Waals surface area contributed by atoms with Crippen LogP contribution in [0.3, 0.4) is 0 Å². The lowest BCUT2D eigenvalue weighted by Gasteiger charge is -2.24. The second kappa shape index (κ2) is 4.20. The van der Waals surface area contributed by atoms with Gasteiger partial charge >= 0.3 is 5.97 Å². The molecule has 3 atom stereocenters. The molecule has 4 heteroatoms. The number of benzene rings is 1. The number of aromatic nitrogens is 1. The summed E-state index contributed by atoms with van der Waals surface area (Å²) in [5.74, 6) is 0.0324. The smallest absolute Gasteiger partial charge is 0.308 e.